The van der Waals surface area contributed by atoms with Crippen molar-refractivity contribution >= 4 is 22.6 Å². The molecule has 2 aromatic heterocycles. The predicted octanol–water partition coefficient (Wildman–Crippen LogP) is 2.80. The van der Waals surface area contributed by atoms with Crippen molar-refractivity contribution in [3.8, 4) is 17.2 Å². The fourth-order valence-electron chi connectivity index (χ4n) is 8.25. The fourth-order valence-corrected chi connectivity index (χ4v) is 8.25. The number of fused-ring (bicyclic) bond motifs is 5. The summed E-state index contributed by atoms with van der Waals surface area (Å²) in [6.45, 7) is 5.02. The lowest BCUT2D eigenvalue weighted by molar-refractivity contribution is -0.140. The third-order valence-corrected chi connectivity index (χ3v) is 11.0. The van der Waals surface area contributed by atoms with Crippen LogP contribution < -0.4 is 26.4 Å². The normalized spacial score (nSPS) is 23.2. The molecule has 1 N–H and O–H groups in total. The maximum absolute atomic E-state index is 14.2. The highest BCUT2D eigenvalue weighted by molar-refractivity contribution is 6.15. The number of aromatic hydroxyl groups is 1. The molecule has 4 aromatic rings. The molecule has 13 heteroatoms. The molecule has 4 atom stereocenters. The van der Waals surface area contributed by atoms with Crippen LogP contribution in [0.15, 0.2) is 73.6 Å². The molecule has 0 spiro atoms. The highest BCUT2D eigenvalue weighted by atomic mass is 16.5. The average Bonchev–Trinajstić information content (AvgIpc) is 3.35. The molecule has 1 saturated carbocycles. The molecule has 0 saturated heterocycles. The van der Waals surface area contributed by atoms with E-state index >= 15 is 0 Å². The van der Waals surface area contributed by atoms with E-state index in [1.807, 2.05) is 6.08 Å². The van der Waals surface area contributed by atoms with E-state index < -0.39 is 34.7 Å². The summed E-state index contributed by atoms with van der Waals surface area (Å²) in [6, 6.07) is 9.33. The second kappa shape index (κ2) is 11.3. The van der Waals surface area contributed by atoms with Gasteiger partial charge in [0.15, 0.2) is 23.1 Å². The van der Waals surface area contributed by atoms with Crippen LogP contribution >= 0.6 is 0 Å². The highest BCUT2D eigenvalue weighted by Gasteiger charge is 2.60. The molecule has 3 heterocycles. The zero-order chi connectivity index (χ0) is 35.1. The summed E-state index contributed by atoms with van der Waals surface area (Å²) in [5.74, 6) is -1.01. The van der Waals surface area contributed by atoms with Gasteiger partial charge in [0.2, 0.25) is 0 Å². The number of ether oxygens (including phenoxy) is 2. The third kappa shape index (κ3) is 4.44. The van der Waals surface area contributed by atoms with Crippen molar-refractivity contribution < 1.29 is 24.2 Å². The van der Waals surface area contributed by atoms with Gasteiger partial charge in [-0.15, -0.1) is 0 Å². The lowest BCUT2D eigenvalue weighted by atomic mass is 9.50. The molecular weight excluding hydrogens is 630 g/mol. The Labute approximate surface area is 280 Å². The van der Waals surface area contributed by atoms with Gasteiger partial charge >= 0.3 is 11.4 Å². The van der Waals surface area contributed by atoms with E-state index in [0.29, 0.717) is 44.8 Å². The van der Waals surface area contributed by atoms with Crippen molar-refractivity contribution in [1.82, 2.24) is 23.5 Å². The van der Waals surface area contributed by atoms with Gasteiger partial charge in [-0.1, -0.05) is 31.2 Å². The number of ketones is 2. The zero-order valence-electron chi connectivity index (χ0n) is 28.1. The molecule has 0 amide bonds. The van der Waals surface area contributed by atoms with E-state index in [9.17, 15) is 29.1 Å². The van der Waals surface area contributed by atoms with E-state index in [2.05, 4.69) is 4.98 Å². The van der Waals surface area contributed by atoms with Gasteiger partial charge < -0.3 is 19.1 Å². The van der Waals surface area contributed by atoms with Gasteiger partial charge in [0.1, 0.15) is 11.4 Å². The monoisotopic (exact) mass is 667 g/mol. The van der Waals surface area contributed by atoms with Gasteiger partial charge in [-0.2, -0.15) is 0 Å². The lowest BCUT2D eigenvalue weighted by Gasteiger charge is -2.53. The van der Waals surface area contributed by atoms with Gasteiger partial charge in [-0.05, 0) is 43.1 Å². The van der Waals surface area contributed by atoms with Crippen molar-refractivity contribution in [2.24, 2.45) is 18.4 Å². The third-order valence-electron chi connectivity index (χ3n) is 11.0. The number of aromatic nitrogens is 5. The first kappa shape index (κ1) is 32.1. The molecule has 0 bridgehead atoms. The molecule has 13 nitrogen and oxygen atoms in total. The fraction of sp³-hybridized carbons (Fsp3) is 0.389. The quantitative estimate of drug-likeness (QED) is 0.306. The SMILES string of the molecule is COc1cc2nc(CCn3c(=O)n4n(c3=O)[C@@H]3C[C@H]5C(=O)C(C)=C(C)C(=O)[C@@]5(C)[C@@H](c5ccccc5O)C3=CC4)c(=O)n(C)c2cc1OC. The first-order valence-corrected chi connectivity index (χ1v) is 16.1. The molecule has 49 heavy (non-hydrogen) atoms. The number of methoxy groups -OCH3 is 2. The van der Waals surface area contributed by atoms with Gasteiger partial charge in [0.05, 0.1) is 43.3 Å². The van der Waals surface area contributed by atoms with Gasteiger partial charge in [-0.3, -0.25) is 14.4 Å². The molecule has 2 aliphatic carbocycles. The standard InChI is InChI=1S/C36H37N5O8/c1-18-19(2)32(44)36(3)22(31(18)43)15-25-20(30(36)21-9-7-8-10-27(21)42)11-14-40-34(46)39(35(47)41(25)40)13-12-23-33(45)38(4)26-17-29(49-6)28(48-5)16-24(26)37-23/h7-11,16-17,22,25,30,42H,12-15H2,1-6H3/t22-,25+,30+,36+/m0/s1. The van der Waals surface area contributed by atoms with Crippen molar-refractivity contribution in [1.29, 1.82) is 0 Å². The molecule has 254 valence electrons. The number of allylic oxidation sites excluding steroid dienone is 4. The molecular formula is C36H37N5O8. The number of phenols is 1. The number of carbonyl (C=O) groups excluding carboxylic acids is 2. The van der Waals surface area contributed by atoms with Crippen LogP contribution in [0.2, 0.25) is 0 Å². The Morgan fingerprint density at radius 2 is 1.67 bits per heavy atom. The van der Waals surface area contributed by atoms with Crippen molar-refractivity contribution in [3.63, 3.8) is 0 Å². The molecule has 1 fully saturated rings. The number of hydrogen-bond donors (Lipinski definition) is 1. The summed E-state index contributed by atoms with van der Waals surface area (Å²) >= 11 is 0. The number of phenolic OH excluding ortho intramolecular Hbond substituents is 1. The van der Waals surface area contributed by atoms with Crippen LogP contribution in [0.4, 0.5) is 0 Å². The summed E-state index contributed by atoms with van der Waals surface area (Å²) in [6.07, 6.45) is 1.97. The maximum Gasteiger partial charge on any atom is 0.347 e. The summed E-state index contributed by atoms with van der Waals surface area (Å²) in [5.41, 5.74) is 0.381. The highest BCUT2D eigenvalue weighted by Crippen LogP contribution is 2.61. The van der Waals surface area contributed by atoms with E-state index in [0.717, 1.165) is 4.57 Å². The smallest absolute Gasteiger partial charge is 0.347 e. The van der Waals surface area contributed by atoms with E-state index in [4.69, 9.17) is 9.47 Å². The molecule has 7 rings (SSSR count). The summed E-state index contributed by atoms with van der Waals surface area (Å²) in [7, 11) is 4.61. The van der Waals surface area contributed by atoms with Crippen LogP contribution in [0, 0.1) is 11.3 Å². The number of nitrogens with zero attached hydrogens (tertiary/aromatic N) is 5. The Bertz CT molecular complexity index is 2360. The van der Waals surface area contributed by atoms with E-state index in [1.165, 1.54) is 28.2 Å². The van der Waals surface area contributed by atoms with Gasteiger partial charge in [-0.25, -0.2) is 28.5 Å². The van der Waals surface area contributed by atoms with Crippen molar-refractivity contribution in [3.05, 3.63) is 102 Å². The van der Waals surface area contributed by atoms with E-state index in [-0.39, 0.29) is 54.5 Å². The number of para-hydroxylation sites is 1. The van der Waals surface area contributed by atoms with Crippen molar-refractivity contribution in [2.75, 3.05) is 14.2 Å². The van der Waals surface area contributed by atoms with Gasteiger partial charge in [0.25, 0.3) is 5.56 Å². The number of Topliss-reactive ketones (excluding diaryl/α,β-unsaturated/α-hetero) is 2. The molecule has 0 radical (unpaired) electrons. The minimum absolute atomic E-state index is 0.00146. The Morgan fingerprint density at radius 1 is 0.980 bits per heavy atom. The molecule has 3 aliphatic rings. The van der Waals surface area contributed by atoms with Crippen LogP contribution in [0.3, 0.4) is 0 Å². The Hall–Kier alpha value is -5.46. The summed E-state index contributed by atoms with van der Waals surface area (Å²) < 4.78 is 16.0. The average molecular weight is 668 g/mol. The van der Waals surface area contributed by atoms with Crippen molar-refractivity contribution in [2.45, 2.75) is 58.7 Å². The molecule has 1 aliphatic heterocycles. The Morgan fingerprint density at radius 3 is 2.37 bits per heavy atom. The number of carbonyl (C=O) groups is 2. The van der Waals surface area contributed by atoms with Crippen LogP contribution in [0.1, 0.15) is 50.4 Å². The molecule has 2 aromatic carbocycles. The number of aryl methyl sites for hydroxylation is 2. The Kier molecular flexibility index (Phi) is 7.41. The van der Waals surface area contributed by atoms with E-state index in [1.54, 1.807) is 64.2 Å². The number of rotatable bonds is 6. The topological polar surface area (TPSA) is 157 Å². The first-order chi connectivity index (χ1) is 23.3. The second-order valence-corrected chi connectivity index (χ2v) is 13.2. The van der Waals surface area contributed by atoms with Gasteiger partial charge in [0, 0.05) is 49.5 Å². The largest absolute Gasteiger partial charge is 0.508 e. The minimum Gasteiger partial charge on any atom is -0.508 e. The number of benzene rings is 2. The van der Waals surface area contributed by atoms with Crippen LogP contribution in [-0.4, -0.2) is 54.4 Å². The number of hydrogen-bond acceptors (Lipinski definition) is 9. The lowest BCUT2D eigenvalue weighted by Crippen LogP contribution is -2.55. The Balaban J connectivity index is 1.31. The summed E-state index contributed by atoms with van der Waals surface area (Å²) in [4.78, 5) is 73.9. The van der Waals surface area contributed by atoms with Crippen LogP contribution in [-0.2, 0) is 36.1 Å². The predicted molar refractivity (Wildman–Crippen MR) is 179 cm³/mol. The second-order valence-electron chi connectivity index (χ2n) is 13.2. The van der Waals surface area contributed by atoms with Crippen LogP contribution in [0.5, 0.6) is 17.2 Å². The maximum atomic E-state index is 14.2. The zero-order valence-corrected chi connectivity index (χ0v) is 28.1. The summed E-state index contributed by atoms with van der Waals surface area (Å²) in [5, 5.41) is 11.1. The minimum atomic E-state index is -1.22. The van der Waals surface area contributed by atoms with Crippen LogP contribution in [0.25, 0.3) is 11.0 Å². The molecule has 0 unspecified atom stereocenters. The first-order valence-electron chi connectivity index (χ1n) is 16.1.